The molecule has 0 unspecified atom stereocenters. The molecule has 1 fully saturated rings. The largest absolute Gasteiger partial charge is 0.352 e. The maximum Gasteiger partial charge on any atom is 0.262 e. The molecule has 140 valence electrons. The summed E-state index contributed by atoms with van der Waals surface area (Å²) in [6.45, 7) is 6.13. The molecular formula is C20H27N3O2S. The molecule has 1 N–H and O–H groups in total. The Morgan fingerprint density at radius 1 is 1.31 bits per heavy atom. The van der Waals surface area contributed by atoms with Crippen molar-refractivity contribution in [3.63, 3.8) is 0 Å². The van der Waals surface area contributed by atoms with Gasteiger partial charge in [0.25, 0.3) is 5.56 Å². The fourth-order valence-corrected chi connectivity index (χ4v) is 4.53. The number of carbonyl (C=O) groups is 1. The third-order valence-electron chi connectivity index (χ3n) is 5.08. The van der Waals surface area contributed by atoms with Gasteiger partial charge < -0.3 is 5.32 Å². The van der Waals surface area contributed by atoms with Crippen molar-refractivity contribution in [1.29, 1.82) is 0 Å². The van der Waals surface area contributed by atoms with Crippen LogP contribution in [0.15, 0.2) is 34.2 Å². The van der Waals surface area contributed by atoms with Crippen LogP contribution < -0.4 is 10.9 Å². The zero-order chi connectivity index (χ0) is 18.7. The second-order valence-electron chi connectivity index (χ2n) is 7.40. The molecule has 3 rings (SSSR count). The molecule has 1 saturated carbocycles. The minimum atomic E-state index is -0.0468. The molecule has 1 aromatic carbocycles. The van der Waals surface area contributed by atoms with Gasteiger partial charge in [-0.05, 0) is 44.7 Å². The number of hydrogen-bond acceptors (Lipinski definition) is 4. The topological polar surface area (TPSA) is 64.0 Å². The highest BCUT2D eigenvalue weighted by atomic mass is 32.2. The molecule has 0 saturated heterocycles. The second kappa shape index (κ2) is 8.25. The van der Waals surface area contributed by atoms with Crippen LogP contribution in [0.4, 0.5) is 0 Å². The van der Waals surface area contributed by atoms with Gasteiger partial charge >= 0.3 is 0 Å². The van der Waals surface area contributed by atoms with Gasteiger partial charge in [-0.1, -0.05) is 43.7 Å². The zero-order valence-corrected chi connectivity index (χ0v) is 16.5. The molecule has 6 heteroatoms. The Labute approximate surface area is 158 Å². The summed E-state index contributed by atoms with van der Waals surface area (Å²) in [6, 6.07) is 7.63. The van der Waals surface area contributed by atoms with E-state index in [0.29, 0.717) is 22.0 Å². The number of aromatic nitrogens is 2. The van der Waals surface area contributed by atoms with Crippen LogP contribution >= 0.6 is 11.8 Å². The first-order chi connectivity index (χ1) is 12.5. The van der Waals surface area contributed by atoms with E-state index in [9.17, 15) is 9.59 Å². The predicted molar refractivity (Wildman–Crippen MR) is 107 cm³/mol. The quantitative estimate of drug-likeness (QED) is 0.640. The number of thioether (sulfide) groups is 1. The summed E-state index contributed by atoms with van der Waals surface area (Å²) in [5, 5.41) is 4.39. The molecule has 0 bridgehead atoms. The summed E-state index contributed by atoms with van der Waals surface area (Å²) in [6.07, 6.45) is 4.67. The van der Waals surface area contributed by atoms with E-state index in [1.807, 2.05) is 32.0 Å². The van der Waals surface area contributed by atoms with Gasteiger partial charge in [-0.25, -0.2) is 4.98 Å². The van der Waals surface area contributed by atoms with Crippen LogP contribution in [0.1, 0.15) is 52.5 Å². The minimum absolute atomic E-state index is 0.0106. The van der Waals surface area contributed by atoms with Crippen molar-refractivity contribution in [2.45, 2.75) is 63.7 Å². The molecule has 1 aromatic heterocycles. The lowest BCUT2D eigenvalue weighted by atomic mass is 9.86. The minimum Gasteiger partial charge on any atom is -0.352 e. The molecule has 1 aliphatic carbocycles. The number of amides is 1. The highest BCUT2D eigenvalue weighted by Gasteiger charge is 2.23. The van der Waals surface area contributed by atoms with E-state index < -0.39 is 0 Å². The van der Waals surface area contributed by atoms with Gasteiger partial charge in [0.15, 0.2) is 5.16 Å². The Morgan fingerprint density at radius 2 is 2.04 bits per heavy atom. The molecule has 26 heavy (non-hydrogen) atoms. The Balaban J connectivity index is 1.76. The first-order valence-electron chi connectivity index (χ1n) is 9.41. The molecule has 2 aromatic rings. The number of hydrogen-bond donors (Lipinski definition) is 1. The van der Waals surface area contributed by atoms with Crippen molar-refractivity contribution in [3.8, 4) is 0 Å². The van der Waals surface area contributed by atoms with Crippen LogP contribution in [-0.4, -0.2) is 27.3 Å². The van der Waals surface area contributed by atoms with E-state index in [1.165, 1.54) is 31.0 Å². The predicted octanol–water partition coefficient (Wildman–Crippen LogP) is 3.76. The molecule has 1 amide bonds. The molecular weight excluding hydrogens is 346 g/mol. The van der Waals surface area contributed by atoms with Gasteiger partial charge in [-0.2, -0.15) is 0 Å². The molecule has 2 atom stereocenters. The molecule has 0 spiro atoms. The summed E-state index contributed by atoms with van der Waals surface area (Å²) in [4.78, 5) is 29.9. The monoisotopic (exact) mass is 373 g/mol. The zero-order valence-electron chi connectivity index (χ0n) is 15.7. The van der Waals surface area contributed by atoms with Gasteiger partial charge in [0.2, 0.25) is 5.91 Å². The first kappa shape index (κ1) is 19.0. The molecule has 1 aliphatic rings. The third kappa shape index (κ3) is 4.11. The fourth-order valence-electron chi connectivity index (χ4n) is 3.59. The SMILES string of the molecule is CC(C)n1c(SCC(=O)N[C@@H]2CCCC[C@@H]2C)nc2ccccc2c1=O. The molecule has 5 nitrogen and oxygen atoms in total. The van der Waals surface area contributed by atoms with Gasteiger partial charge in [0, 0.05) is 12.1 Å². The van der Waals surface area contributed by atoms with Gasteiger partial charge in [0.1, 0.15) is 0 Å². The third-order valence-corrected chi connectivity index (χ3v) is 6.03. The number of carbonyl (C=O) groups excluding carboxylic acids is 1. The normalized spacial score (nSPS) is 20.5. The average Bonchev–Trinajstić information content (AvgIpc) is 2.61. The van der Waals surface area contributed by atoms with E-state index in [2.05, 4.69) is 17.2 Å². The van der Waals surface area contributed by atoms with Crippen molar-refractivity contribution in [2.75, 3.05) is 5.75 Å². The lowest BCUT2D eigenvalue weighted by Crippen LogP contribution is -2.42. The van der Waals surface area contributed by atoms with Crippen LogP contribution in [0.5, 0.6) is 0 Å². The van der Waals surface area contributed by atoms with Crippen molar-refractivity contribution >= 4 is 28.6 Å². The Kier molecular flexibility index (Phi) is 6.01. The number of fused-ring (bicyclic) bond motifs is 1. The van der Waals surface area contributed by atoms with Crippen molar-refractivity contribution in [3.05, 3.63) is 34.6 Å². The summed E-state index contributed by atoms with van der Waals surface area (Å²) in [5.74, 6) is 0.831. The Morgan fingerprint density at radius 3 is 2.77 bits per heavy atom. The average molecular weight is 374 g/mol. The maximum absolute atomic E-state index is 12.8. The van der Waals surface area contributed by atoms with Crippen molar-refractivity contribution < 1.29 is 4.79 Å². The summed E-state index contributed by atoms with van der Waals surface area (Å²) < 4.78 is 1.68. The molecule has 0 radical (unpaired) electrons. The number of rotatable bonds is 5. The summed E-state index contributed by atoms with van der Waals surface area (Å²) >= 11 is 1.34. The van der Waals surface area contributed by atoms with E-state index in [0.717, 1.165) is 6.42 Å². The van der Waals surface area contributed by atoms with Gasteiger partial charge in [0.05, 0.1) is 16.7 Å². The Hall–Kier alpha value is -1.82. The lowest BCUT2D eigenvalue weighted by molar-refractivity contribution is -0.119. The number of nitrogens with one attached hydrogen (secondary N) is 1. The van der Waals surface area contributed by atoms with E-state index >= 15 is 0 Å². The summed E-state index contributed by atoms with van der Waals surface area (Å²) in [7, 11) is 0. The molecule has 0 aliphatic heterocycles. The maximum atomic E-state index is 12.8. The fraction of sp³-hybridized carbons (Fsp3) is 0.550. The highest BCUT2D eigenvalue weighted by molar-refractivity contribution is 7.99. The van der Waals surface area contributed by atoms with Crippen LogP contribution in [-0.2, 0) is 4.79 Å². The van der Waals surface area contributed by atoms with Crippen LogP contribution in [0.25, 0.3) is 10.9 Å². The Bertz CT molecular complexity index is 847. The van der Waals surface area contributed by atoms with Gasteiger partial charge in [-0.3, -0.25) is 14.2 Å². The van der Waals surface area contributed by atoms with E-state index in [1.54, 1.807) is 10.6 Å². The summed E-state index contributed by atoms with van der Waals surface area (Å²) in [5.41, 5.74) is 0.632. The second-order valence-corrected chi connectivity index (χ2v) is 8.35. The lowest BCUT2D eigenvalue weighted by Gasteiger charge is -2.29. The van der Waals surface area contributed by atoms with Crippen molar-refractivity contribution in [2.24, 2.45) is 5.92 Å². The highest BCUT2D eigenvalue weighted by Crippen LogP contribution is 2.24. The first-order valence-corrected chi connectivity index (χ1v) is 10.4. The number of nitrogens with zero attached hydrogens (tertiary/aromatic N) is 2. The van der Waals surface area contributed by atoms with E-state index in [4.69, 9.17) is 0 Å². The van der Waals surface area contributed by atoms with Crippen LogP contribution in [0, 0.1) is 5.92 Å². The van der Waals surface area contributed by atoms with Gasteiger partial charge in [-0.15, -0.1) is 0 Å². The smallest absolute Gasteiger partial charge is 0.262 e. The van der Waals surface area contributed by atoms with Crippen molar-refractivity contribution in [1.82, 2.24) is 14.9 Å². The number of para-hydroxylation sites is 1. The number of benzene rings is 1. The standard InChI is InChI=1S/C20H27N3O2S/c1-13(2)23-19(25)15-9-5-7-11-17(15)22-20(23)26-12-18(24)21-16-10-6-4-8-14(16)3/h5,7,9,11,13-14,16H,4,6,8,10,12H2,1-3H3,(H,21,24)/t14-,16+/m0/s1. The molecule has 1 heterocycles. The van der Waals surface area contributed by atoms with E-state index in [-0.39, 0.29) is 29.3 Å². The van der Waals surface area contributed by atoms with Crippen LogP contribution in [0.2, 0.25) is 0 Å². The van der Waals surface area contributed by atoms with Crippen LogP contribution in [0.3, 0.4) is 0 Å².